The fourth-order valence-corrected chi connectivity index (χ4v) is 3.15. The van der Waals surface area contributed by atoms with Crippen LogP contribution in [0.3, 0.4) is 0 Å². The van der Waals surface area contributed by atoms with Gasteiger partial charge in [-0.3, -0.25) is 10.1 Å². The van der Waals surface area contributed by atoms with Crippen molar-refractivity contribution in [3.63, 3.8) is 0 Å². The summed E-state index contributed by atoms with van der Waals surface area (Å²) in [5.41, 5.74) is 0.282. The summed E-state index contributed by atoms with van der Waals surface area (Å²) in [5.74, 6) is -2.80. The first kappa shape index (κ1) is 19.5. The number of hydrogen-bond donors (Lipinski definition) is 0. The SMILES string of the molecule is COC(=O)c1ccc(N2CCC(Oc3cccc(F)c3F)CC2)c([N+](=O)[O-])c1. The third-order valence-electron chi connectivity index (χ3n) is 4.59. The minimum Gasteiger partial charge on any atom is -0.487 e. The molecule has 0 amide bonds. The molecule has 1 heterocycles. The maximum absolute atomic E-state index is 13.7. The fourth-order valence-electron chi connectivity index (χ4n) is 3.15. The zero-order valence-electron chi connectivity index (χ0n) is 15.1. The Kier molecular flexibility index (Phi) is 5.72. The van der Waals surface area contributed by atoms with Crippen molar-refractivity contribution in [1.82, 2.24) is 0 Å². The lowest BCUT2D eigenvalue weighted by Crippen LogP contribution is -2.38. The van der Waals surface area contributed by atoms with Gasteiger partial charge in [0.2, 0.25) is 5.82 Å². The summed E-state index contributed by atoms with van der Waals surface area (Å²) in [5, 5.41) is 11.4. The first-order valence-electron chi connectivity index (χ1n) is 8.63. The van der Waals surface area contributed by atoms with Crippen LogP contribution < -0.4 is 9.64 Å². The number of carbonyl (C=O) groups is 1. The minimum absolute atomic E-state index is 0.0951. The number of nitro benzene ring substituents is 1. The summed E-state index contributed by atoms with van der Waals surface area (Å²) in [6.07, 6.45) is 0.624. The van der Waals surface area contributed by atoms with Crippen LogP contribution in [0.2, 0.25) is 0 Å². The Hall–Kier alpha value is -3.23. The van der Waals surface area contributed by atoms with Crippen molar-refractivity contribution in [3.05, 3.63) is 63.7 Å². The first-order valence-corrected chi connectivity index (χ1v) is 8.63. The Morgan fingerprint density at radius 3 is 2.57 bits per heavy atom. The molecule has 148 valence electrons. The number of nitrogens with zero attached hydrogens (tertiary/aromatic N) is 2. The highest BCUT2D eigenvalue weighted by atomic mass is 19.2. The van der Waals surface area contributed by atoms with Gasteiger partial charge < -0.3 is 14.4 Å². The van der Waals surface area contributed by atoms with E-state index in [2.05, 4.69) is 4.74 Å². The van der Waals surface area contributed by atoms with Gasteiger partial charge in [-0.15, -0.1) is 0 Å². The number of hydrogen-bond acceptors (Lipinski definition) is 6. The van der Waals surface area contributed by atoms with Gasteiger partial charge in [-0.1, -0.05) is 6.07 Å². The van der Waals surface area contributed by atoms with Gasteiger partial charge in [-0.2, -0.15) is 4.39 Å². The number of nitro groups is 1. The summed E-state index contributed by atoms with van der Waals surface area (Å²) < 4.78 is 37.2. The number of benzene rings is 2. The molecule has 1 aliphatic heterocycles. The van der Waals surface area contributed by atoms with Gasteiger partial charge in [0, 0.05) is 32.0 Å². The average molecular weight is 392 g/mol. The third kappa shape index (κ3) is 4.03. The maximum Gasteiger partial charge on any atom is 0.338 e. The monoisotopic (exact) mass is 392 g/mol. The lowest BCUT2D eigenvalue weighted by molar-refractivity contribution is -0.384. The summed E-state index contributed by atoms with van der Waals surface area (Å²) in [6, 6.07) is 7.92. The van der Waals surface area contributed by atoms with Crippen LogP contribution in [0.4, 0.5) is 20.2 Å². The van der Waals surface area contributed by atoms with Crippen LogP contribution in [0.5, 0.6) is 5.75 Å². The number of anilines is 1. The van der Waals surface area contributed by atoms with Gasteiger partial charge in [0.05, 0.1) is 17.6 Å². The van der Waals surface area contributed by atoms with Gasteiger partial charge in [-0.05, 0) is 24.3 Å². The molecule has 28 heavy (non-hydrogen) atoms. The molecule has 7 nitrogen and oxygen atoms in total. The van der Waals surface area contributed by atoms with Crippen LogP contribution in [0.15, 0.2) is 36.4 Å². The molecule has 0 unspecified atom stereocenters. The van der Waals surface area contributed by atoms with Crippen molar-refractivity contribution < 1.29 is 28.0 Å². The van der Waals surface area contributed by atoms with Crippen LogP contribution in [-0.4, -0.2) is 37.2 Å². The standard InChI is InChI=1S/C19H18F2N2O5/c1-27-19(24)12-5-6-15(16(11-12)23(25)26)22-9-7-13(8-10-22)28-17-4-2-3-14(20)18(17)21/h2-6,11,13H,7-10H2,1H3. The zero-order valence-corrected chi connectivity index (χ0v) is 15.1. The smallest absolute Gasteiger partial charge is 0.338 e. The predicted octanol–water partition coefficient (Wildman–Crippen LogP) is 3.71. The van der Waals surface area contributed by atoms with E-state index in [1.54, 1.807) is 4.90 Å². The highest BCUT2D eigenvalue weighted by molar-refractivity contribution is 5.91. The molecule has 0 radical (unpaired) electrons. The third-order valence-corrected chi connectivity index (χ3v) is 4.59. The number of ether oxygens (including phenoxy) is 2. The van der Waals surface area contributed by atoms with Crippen LogP contribution in [-0.2, 0) is 4.74 Å². The second kappa shape index (κ2) is 8.20. The van der Waals surface area contributed by atoms with Gasteiger partial charge in [-0.25, -0.2) is 9.18 Å². The first-order chi connectivity index (χ1) is 13.4. The molecule has 0 saturated carbocycles. The number of halogens is 2. The van der Waals surface area contributed by atoms with Crippen LogP contribution >= 0.6 is 0 Å². The molecule has 2 aromatic carbocycles. The van der Waals surface area contributed by atoms with Gasteiger partial charge in [0.25, 0.3) is 5.69 Å². The van der Waals surface area contributed by atoms with E-state index in [0.29, 0.717) is 31.6 Å². The molecule has 0 atom stereocenters. The molecule has 0 aliphatic carbocycles. The van der Waals surface area contributed by atoms with Gasteiger partial charge >= 0.3 is 5.97 Å². The highest BCUT2D eigenvalue weighted by Gasteiger charge is 2.27. The molecule has 3 rings (SSSR count). The van der Waals surface area contributed by atoms with E-state index in [1.807, 2.05) is 0 Å². The quantitative estimate of drug-likeness (QED) is 0.438. The number of methoxy groups -OCH3 is 1. The summed E-state index contributed by atoms with van der Waals surface area (Å²) >= 11 is 0. The molecule has 1 aliphatic rings. The van der Waals surface area contributed by atoms with E-state index in [1.165, 1.54) is 37.4 Å². The summed E-state index contributed by atoms with van der Waals surface area (Å²) in [6.45, 7) is 0.861. The molecule has 0 spiro atoms. The molecule has 9 heteroatoms. The normalized spacial score (nSPS) is 14.6. The molecular formula is C19H18F2N2O5. The van der Waals surface area contributed by atoms with Crippen molar-refractivity contribution in [3.8, 4) is 5.75 Å². The van der Waals surface area contributed by atoms with Crippen LogP contribution in [0, 0.1) is 21.7 Å². The van der Waals surface area contributed by atoms with E-state index in [0.717, 1.165) is 6.07 Å². The van der Waals surface area contributed by atoms with Crippen molar-refractivity contribution >= 4 is 17.3 Å². The minimum atomic E-state index is -1.03. The van der Waals surface area contributed by atoms with Crippen molar-refractivity contribution in [2.45, 2.75) is 18.9 Å². The summed E-state index contributed by atoms with van der Waals surface area (Å²) in [4.78, 5) is 24.3. The molecule has 0 aromatic heterocycles. The van der Waals surface area contributed by atoms with E-state index in [-0.39, 0.29) is 23.1 Å². The van der Waals surface area contributed by atoms with Gasteiger partial charge in [0.1, 0.15) is 11.8 Å². The lowest BCUT2D eigenvalue weighted by atomic mass is 10.1. The van der Waals surface area contributed by atoms with Crippen LogP contribution in [0.1, 0.15) is 23.2 Å². The number of piperidine rings is 1. The Balaban J connectivity index is 1.71. The highest BCUT2D eigenvalue weighted by Crippen LogP contribution is 2.32. The Labute approximate surface area is 159 Å². The van der Waals surface area contributed by atoms with E-state index < -0.39 is 22.5 Å². The fraction of sp³-hybridized carbons (Fsp3) is 0.316. The maximum atomic E-state index is 13.7. The van der Waals surface area contributed by atoms with Gasteiger partial charge in [0.15, 0.2) is 11.6 Å². The molecule has 1 fully saturated rings. The number of rotatable bonds is 5. The second-order valence-corrected chi connectivity index (χ2v) is 6.31. The molecule has 2 aromatic rings. The van der Waals surface area contributed by atoms with Crippen molar-refractivity contribution in [2.75, 3.05) is 25.1 Å². The largest absolute Gasteiger partial charge is 0.487 e. The van der Waals surface area contributed by atoms with E-state index in [4.69, 9.17) is 4.74 Å². The predicted molar refractivity (Wildman–Crippen MR) is 96.7 cm³/mol. The summed E-state index contributed by atoms with van der Waals surface area (Å²) in [7, 11) is 1.20. The molecule has 1 saturated heterocycles. The van der Waals surface area contributed by atoms with Crippen molar-refractivity contribution in [1.29, 1.82) is 0 Å². The van der Waals surface area contributed by atoms with E-state index in [9.17, 15) is 23.7 Å². The average Bonchev–Trinajstić information content (AvgIpc) is 2.71. The topological polar surface area (TPSA) is 81.9 Å². The number of carbonyl (C=O) groups excluding carboxylic acids is 1. The lowest BCUT2D eigenvalue weighted by Gasteiger charge is -2.33. The Bertz CT molecular complexity index is 898. The zero-order chi connectivity index (χ0) is 20.3. The Morgan fingerprint density at radius 2 is 1.93 bits per heavy atom. The van der Waals surface area contributed by atoms with E-state index >= 15 is 0 Å². The Morgan fingerprint density at radius 1 is 1.21 bits per heavy atom. The molecular weight excluding hydrogens is 374 g/mol. The molecule has 0 bridgehead atoms. The second-order valence-electron chi connectivity index (χ2n) is 6.31. The molecule has 0 N–H and O–H groups in total. The van der Waals surface area contributed by atoms with Crippen molar-refractivity contribution in [2.24, 2.45) is 0 Å². The number of esters is 1. The van der Waals surface area contributed by atoms with Crippen LogP contribution in [0.25, 0.3) is 0 Å².